The van der Waals surface area contributed by atoms with Gasteiger partial charge in [-0.2, -0.15) is 0 Å². The first-order valence-corrected chi connectivity index (χ1v) is 13.1. The van der Waals surface area contributed by atoms with E-state index in [0.717, 1.165) is 59.6 Å². The fraction of sp³-hybridized carbons (Fsp3) is 0.269. The minimum absolute atomic E-state index is 0.148. The lowest BCUT2D eigenvalue weighted by Gasteiger charge is -2.32. The zero-order valence-corrected chi connectivity index (χ0v) is 20.9. The minimum Gasteiger partial charge on any atom is -0.492 e. The molecular weight excluding hydrogens is 480 g/mol. The van der Waals surface area contributed by atoms with Gasteiger partial charge in [0.2, 0.25) is 0 Å². The number of hydrogen-bond acceptors (Lipinski definition) is 7. The number of likely N-dealkylation sites (N-methyl/N-ethyl adjacent to an activating group) is 1. The number of carbonyl (C=O) groups excluding carboxylic acids is 1. The van der Waals surface area contributed by atoms with Crippen LogP contribution in [-0.4, -0.2) is 79.7 Å². The summed E-state index contributed by atoms with van der Waals surface area (Å²) in [5.41, 5.74) is 3.84. The Morgan fingerprint density at radius 1 is 1.00 bits per heavy atom. The Morgan fingerprint density at radius 2 is 1.64 bits per heavy atom. The van der Waals surface area contributed by atoms with Crippen molar-refractivity contribution >= 4 is 22.0 Å². The van der Waals surface area contributed by atoms with Crippen LogP contribution >= 0.6 is 0 Å². The summed E-state index contributed by atoms with van der Waals surface area (Å²) in [6.07, 6.45) is 5.31. The van der Waals surface area contributed by atoms with Gasteiger partial charge in [0.15, 0.2) is 0 Å². The molecule has 9 nitrogen and oxygen atoms in total. The third kappa shape index (κ3) is 6.41. The average molecular weight is 511 g/mol. The van der Waals surface area contributed by atoms with E-state index in [2.05, 4.69) is 16.8 Å². The second-order valence-electron chi connectivity index (χ2n) is 8.63. The molecule has 1 aromatic heterocycles. The van der Waals surface area contributed by atoms with Gasteiger partial charge in [0.25, 0.3) is 15.9 Å². The van der Waals surface area contributed by atoms with Gasteiger partial charge in [-0.15, -0.1) is 0 Å². The summed E-state index contributed by atoms with van der Waals surface area (Å²) in [7, 11) is -1.64. The highest BCUT2D eigenvalue weighted by molar-refractivity contribution is 7.90. The first kappa shape index (κ1) is 25.6. The van der Waals surface area contributed by atoms with Crippen molar-refractivity contribution in [3.05, 3.63) is 78.6 Å². The van der Waals surface area contributed by atoms with E-state index in [4.69, 9.17) is 9.94 Å². The Morgan fingerprint density at radius 3 is 2.28 bits per heavy atom. The maximum Gasteiger partial charge on any atom is 0.267 e. The zero-order chi connectivity index (χ0) is 25.5. The normalized spacial score (nSPS) is 15.3. The van der Waals surface area contributed by atoms with Crippen molar-refractivity contribution in [1.29, 1.82) is 0 Å². The van der Waals surface area contributed by atoms with Gasteiger partial charge in [0.05, 0.1) is 4.90 Å². The highest BCUT2D eigenvalue weighted by Gasteiger charge is 2.17. The first-order valence-electron chi connectivity index (χ1n) is 11.6. The molecule has 1 aliphatic heterocycles. The van der Waals surface area contributed by atoms with E-state index >= 15 is 0 Å². The van der Waals surface area contributed by atoms with Crippen LogP contribution in [-0.2, 0) is 14.8 Å². The molecule has 4 rings (SSSR count). The fourth-order valence-electron chi connectivity index (χ4n) is 3.90. The molecule has 0 bridgehead atoms. The van der Waals surface area contributed by atoms with Gasteiger partial charge in [0, 0.05) is 51.2 Å². The lowest BCUT2D eigenvalue weighted by molar-refractivity contribution is -0.124. The lowest BCUT2D eigenvalue weighted by atomic mass is 10.1. The topological polar surface area (TPSA) is 104 Å². The molecule has 0 aliphatic carbocycles. The Kier molecular flexibility index (Phi) is 8.21. The molecule has 1 aliphatic rings. The summed E-state index contributed by atoms with van der Waals surface area (Å²) in [6.45, 7) is 5.85. The highest BCUT2D eigenvalue weighted by Crippen LogP contribution is 2.25. The second kappa shape index (κ2) is 11.5. The summed E-state index contributed by atoms with van der Waals surface area (Å²) < 4.78 is 32.9. The maximum absolute atomic E-state index is 13.0. The number of amides is 1. The molecule has 1 saturated heterocycles. The number of carbonyl (C=O) groups is 1. The molecule has 1 amide bonds. The minimum atomic E-state index is -3.78. The van der Waals surface area contributed by atoms with E-state index in [1.54, 1.807) is 30.3 Å². The van der Waals surface area contributed by atoms with Crippen LogP contribution in [0.1, 0.15) is 5.56 Å². The second-order valence-corrected chi connectivity index (χ2v) is 10.5. The van der Waals surface area contributed by atoms with Crippen LogP contribution in [0.4, 0.5) is 0 Å². The van der Waals surface area contributed by atoms with Crippen molar-refractivity contribution in [3.63, 3.8) is 0 Å². The van der Waals surface area contributed by atoms with Crippen molar-refractivity contribution in [2.24, 2.45) is 0 Å². The number of hydrogen-bond donors (Lipinski definition) is 2. The summed E-state index contributed by atoms with van der Waals surface area (Å²) in [6, 6.07) is 16.0. The van der Waals surface area contributed by atoms with Gasteiger partial charge >= 0.3 is 0 Å². The van der Waals surface area contributed by atoms with Gasteiger partial charge in [-0.3, -0.25) is 14.9 Å². The number of nitrogens with zero attached hydrogens (tertiary/aromatic N) is 3. The van der Waals surface area contributed by atoms with Gasteiger partial charge in [0.1, 0.15) is 12.4 Å². The van der Waals surface area contributed by atoms with E-state index in [9.17, 15) is 13.2 Å². The highest BCUT2D eigenvalue weighted by atomic mass is 32.2. The van der Waals surface area contributed by atoms with Crippen LogP contribution < -0.4 is 10.2 Å². The molecular formula is C26H30N4O5S. The molecule has 1 fully saturated rings. The number of rotatable bonds is 9. The number of ether oxygens (including phenoxy) is 1. The predicted octanol–water partition coefficient (Wildman–Crippen LogP) is 2.54. The molecule has 0 spiro atoms. The van der Waals surface area contributed by atoms with Gasteiger partial charge in [-0.05, 0) is 60.1 Å². The van der Waals surface area contributed by atoms with Crippen molar-refractivity contribution in [1.82, 2.24) is 19.3 Å². The van der Waals surface area contributed by atoms with Gasteiger partial charge in [-0.1, -0.05) is 24.3 Å². The van der Waals surface area contributed by atoms with E-state index in [-0.39, 0.29) is 4.90 Å². The summed E-state index contributed by atoms with van der Waals surface area (Å²) in [4.78, 5) is 16.0. The number of nitrogens with one attached hydrogen (secondary N) is 1. The summed E-state index contributed by atoms with van der Waals surface area (Å²) >= 11 is 0. The monoisotopic (exact) mass is 510 g/mol. The van der Waals surface area contributed by atoms with Gasteiger partial charge in [-0.25, -0.2) is 17.9 Å². The Hall–Kier alpha value is -3.44. The Balaban J connectivity index is 1.35. The number of piperazine rings is 1. The van der Waals surface area contributed by atoms with Crippen LogP contribution in [0.15, 0.2) is 78.0 Å². The van der Waals surface area contributed by atoms with Crippen molar-refractivity contribution in [2.45, 2.75) is 4.90 Å². The Labute approximate surface area is 211 Å². The standard InChI is InChI=1S/C26H30N4O5S/c1-28-14-16-29(17-15-28)18-19-35-24-7-3-22(4-8-24)23-5-9-25(10-6-23)36(33,34)30-13-12-21(20-30)2-11-26(31)27-32/h2-13,20,32H,14-19H2,1H3,(H,27,31)/b11-2+. The average Bonchev–Trinajstić information content (AvgIpc) is 3.39. The fourth-order valence-corrected chi connectivity index (χ4v) is 5.10. The molecule has 2 N–H and O–H groups in total. The SMILES string of the molecule is CN1CCN(CCOc2ccc(-c3ccc(S(=O)(=O)n4ccc(/C=C/C(=O)NO)c4)cc3)cc2)CC1. The largest absolute Gasteiger partial charge is 0.492 e. The molecule has 2 heterocycles. The molecule has 0 saturated carbocycles. The summed E-state index contributed by atoms with van der Waals surface area (Å²) in [5, 5.41) is 8.54. The molecule has 0 radical (unpaired) electrons. The van der Waals surface area contributed by atoms with Crippen molar-refractivity contribution in [3.8, 4) is 16.9 Å². The number of benzene rings is 2. The van der Waals surface area contributed by atoms with Crippen LogP contribution in [0.3, 0.4) is 0 Å². The first-order chi connectivity index (χ1) is 17.3. The predicted molar refractivity (Wildman–Crippen MR) is 137 cm³/mol. The van der Waals surface area contributed by atoms with Crippen molar-refractivity contribution < 1.29 is 23.2 Å². The molecule has 2 aromatic carbocycles. The molecule has 0 atom stereocenters. The van der Waals surface area contributed by atoms with Crippen LogP contribution in [0.2, 0.25) is 0 Å². The van der Waals surface area contributed by atoms with E-state index in [1.807, 2.05) is 24.3 Å². The molecule has 3 aromatic rings. The third-order valence-electron chi connectivity index (χ3n) is 6.12. The van der Waals surface area contributed by atoms with Crippen LogP contribution in [0.25, 0.3) is 17.2 Å². The van der Waals surface area contributed by atoms with E-state index in [0.29, 0.717) is 12.2 Å². The number of aromatic nitrogens is 1. The van der Waals surface area contributed by atoms with E-state index in [1.165, 1.54) is 23.9 Å². The summed E-state index contributed by atoms with van der Waals surface area (Å²) in [5.74, 6) is 0.104. The van der Waals surface area contributed by atoms with E-state index < -0.39 is 15.9 Å². The smallest absolute Gasteiger partial charge is 0.267 e. The molecule has 0 unspecified atom stereocenters. The molecule has 10 heteroatoms. The zero-order valence-electron chi connectivity index (χ0n) is 20.1. The lowest BCUT2D eigenvalue weighted by Crippen LogP contribution is -2.45. The van der Waals surface area contributed by atoms with Gasteiger partial charge < -0.3 is 9.64 Å². The quantitative estimate of drug-likeness (QED) is 0.259. The number of hydroxylamine groups is 1. The molecule has 36 heavy (non-hydrogen) atoms. The van der Waals surface area contributed by atoms with Crippen LogP contribution in [0, 0.1) is 0 Å². The third-order valence-corrected chi connectivity index (χ3v) is 7.77. The Bertz CT molecular complexity index is 1290. The molecule has 190 valence electrons. The van der Waals surface area contributed by atoms with Crippen molar-refractivity contribution in [2.75, 3.05) is 46.4 Å². The van der Waals surface area contributed by atoms with Crippen LogP contribution in [0.5, 0.6) is 5.75 Å². The maximum atomic E-state index is 13.0.